The number of ether oxygens (including phenoxy) is 1. The molecule has 0 heterocycles. The molecule has 2 rings (SSSR count). The fraction of sp³-hybridized carbons (Fsp3) is 0.462. The Labute approximate surface area is 119 Å². The Morgan fingerprint density at radius 3 is 2.84 bits per heavy atom. The van der Waals surface area contributed by atoms with Gasteiger partial charge in [-0.15, -0.1) is 0 Å². The molecule has 0 radical (unpaired) electrons. The van der Waals surface area contributed by atoms with Gasteiger partial charge in [0.15, 0.2) is 17.7 Å². The average Bonchev–Trinajstić information content (AvgIpc) is 2.30. The molecule has 1 atom stereocenters. The van der Waals surface area contributed by atoms with Gasteiger partial charge in [0.25, 0.3) is 5.91 Å². The number of benzene rings is 1. The second kappa shape index (κ2) is 6.34. The molecule has 1 aromatic rings. The van der Waals surface area contributed by atoms with Gasteiger partial charge in [-0.2, -0.15) is 0 Å². The third-order valence-electron chi connectivity index (χ3n) is 2.95. The Morgan fingerprint density at radius 2 is 2.26 bits per heavy atom. The van der Waals surface area contributed by atoms with Gasteiger partial charge in [0.2, 0.25) is 0 Å². The van der Waals surface area contributed by atoms with Gasteiger partial charge in [-0.25, -0.2) is 9.87 Å². The van der Waals surface area contributed by atoms with Crippen LogP contribution < -0.4 is 10.2 Å². The lowest BCUT2D eigenvalue weighted by atomic mass is 9.97. The standard InChI is InChI=1S/C13H15BrFNO3/c1-8(13(17)16-19-10-3-2-4-10)18-12-6-5-9(14)7-11(12)15/h5-8,10H,2-4H2,1H3,(H,16,17). The number of amides is 1. The summed E-state index contributed by atoms with van der Waals surface area (Å²) < 4.78 is 19.4. The highest BCUT2D eigenvalue weighted by molar-refractivity contribution is 9.10. The van der Waals surface area contributed by atoms with E-state index in [1.807, 2.05) is 0 Å². The van der Waals surface area contributed by atoms with E-state index in [9.17, 15) is 9.18 Å². The molecule has 1 amide bonds. The molecule has 0 bridgehead atoms. The van der Waals surface area contributed by atoms with Crippen molar-refractivity contribution in [2.75, 3.05) is 0 Å². The minimum atomic E-state index is -0.823. The second-order valence-electron chi connectivity index (χ2n) is 4.47. The van der Waals surface area contributed by atoms with Gasteiger partial charge in [-0.3, -0.25) is 9.63 Å². The maximum absolute atomic E-state index is 13.5. The third kappa shape index (κ3) is 3.91. The molecule has 1 fully saturated rings. The molecular weight excluding hydrogens is 317 g/mol. The quantitative estimate of drug-likeness (QED) is 0.844. The van der Waals surface area contributed by atoms with Gasteiger partial charge in [-0.05, 0) is 44.4 Å². The van der Waals surface area contributed by atoms with Crippen LogP contribution in [0.2, 0.25) is 0 Å². The van der Waals surface area contributed by atoms with E-state index in [0.717, 1.165) is 19.3 Å². The lowest BCUT2D eigenvalue weighted by molar-refractivity contribution is -0.149. The summed E-state index contributed by atoms with van der Waals surface area (Å²) in [6, 6.07) is 4.40. The van der Waals surface area contributed by atoms with Crippen molar-refractivity contribution in [3.63, 3.8) is 0 Å². The fourth-order valence-electron chi connectivity index (χ4n) is 1.53. The molecule has 1 aromatic carbocycles. The van der Waals surface area contributed by atoms with Crippen LogP contribution in [-0.4, -0.2) is 18.1 Å². The van der Waals surface area contributed by atoms with Gasteiger partial charge < -0.3 is 4.74 Å². The van der Waals surface area contributed by atoms with Crippen molar-refractivity contribution in [2.24, 2.45) is 0 Å². The molecule has 1 N–H and O–H groups in total. The SMILES string of the molecule is CC(Oc1ccc(Br)cc1F)C(=O)NOC1CCC1. The number of hydrogen-bond donors (Lipinski definition) is 1. The molecule has 104 valence electrons. The summed E-state index contributed by atoms with van der Waals surface area (Å²) in [7, 11) is 0. The monoisotopic (exact) mass is 331 g/mol. The van der Waals surface area contributed by atoms with Crippen molar-refractivity contribution < 1.29 is 18.8 Å². The van der Waals surface area contributed by atoms with E-state index in [2.05, 4.69) is 21.4 Å². The van der Waals surface area contributed by atoms with Gasteiger partial charge in [0, 0.05) is 4.47 Å². The predicted octanol–water partition coefficient (Wildman–Crippen LogP) is 2.96. The summed E-state index contributed by atoms with van der Waals surface area (Å²) in [6.07, 6.45) is 2.31. The van der Waals surface area contributed by atoms with Gasteiger partial charge >= 0.3 is 0 Å². The van der Waals surface area contributed by atoms with E-state index in [1.54, 1.807) is 13.0 Å². The van der Waals surface area contributed by atoms with E-state index in [1.165, 1.54) is 12.1 Å². The Bertz CT molecular complexity index is 465. The van der Waals surface area contributed by atoms with Crippen LogP contribution >= 0.6 is 15.9 Å². The normalized spacial score (nSPS) is 16.6. The molecule has 0 aromatic heterocycles. The van der Waals surface area contributed by atoms with E-state index >= 15 is 0 Å². The van der Waals surface area contributed by atoms with Crippen LogP contribution in [0.25, 0.3) is 0 Å². The number of halogens is 2. The van der Waals surface area contributed by atoms with Crippen LogP contribution in [0.3, 0.4) is 0 Å². The Hall–Kier alpha value is -1.14. The maximum atomic E-state index is 13.5. The average molecular weight is 332 g/mol. The summed E-state index contributed by atoms with van der Waals surface area (Å²) in [6.45, 7) is 1.54. The van der Waals surface area contributed by atoms with Crippen molar-refractivity contribution in [3.8, 4) is 5.75 Å². The van der Waals surface area contributed by atoms with Crippen molar-refractivity contribution in [1.82, 2.24) is 5.48 Å². The number of nitrogens with one attached hydrogen (secondary N) is 1. The molecule has 4 nitrogen and oxygen atoms in total. The van der Waals surface area contributed by atoms with Gasteiger partial charge in [-0.1, -0.05) is 15.9 Å². The first-order chi connectivity index (χ1) is 9.06. The topological polar surface area (TPSA) is 47.6 Å². The summed E-state index contributed by atoms with van der Waals surface area (Å²) >= 11 is 3.15. The summed E-state index contributed by atoms with van der Waals surface area (Å²) in [4.78, 5) is 16.8. The number of carbonyl (C=O) groups excluding carboxylic acids is 1. The predicted molar refractivity (Wildman–Crippen MR) is 71.1 cm³/mol. The van der Waals surface area contributed by atoms with Crippen molar-refractivity contribution in [1.29, 1.82) is 0 Å². The molecule has 19 heavy (non-hydrogen) atoms. The van der Waals surface area contributed by atoms with Gasteiger partial charge in [0.1, 0.15) is 0 Å². The zero-order chi connectivity index (χ0) is 13.8. The number of hydrogen-bond acceptors (Lipinski definition) is 3. The first-order valence-corrected chi connectivity index (χ1v) is 6.93. The first kappa shape index (κ1) is 14.3. The summed E-state index contributed by atoms with van der Waals surface area (Å²) in [5.41, 5.74) is 2.34. The summed E-state index contributed by atoms with van der Waals surface area (Å²) in [5, 5.41) is 0. The van der Waals surface area contributed by atoms with Crippen LogP contribution in [0, 0.1) is 5.82 Å². The van der Waals surface area contributed by atoms with Crippen LogP contribution in [-0.2, 0) is 9.63 Å². The van der Waals surface area contributed by atoms with E-state index < -0.39 is 17.8 Å². The number of carbonyl (C=O) groups is 1. The highest BCUT2D eigenvalue weighted by Crippen LogP contribution is 2.23. The molecule has 1 saturated carbocycles. The highest BCUT2D eigenvalue weighted by Gasteiger charge is 2.22. The smallest absolute Gasteiger partial charge is 0.284 e. The minimum Gasteiger partial charge on any atom is -0.478 e. The highest BCUT2D eigenvalue weighted by atomic mass is 79.9. The Kier molecular flexibility index (Phi) is 4.76. The zero-order valence-electron chi connectivity index (χ0n) is 10.5. The van der Waals surface area contributed by atoms with E-state index in [4.69, 9.17) is 9.57 Å². The lowest BCUT2D eigenvalue weighted by Crippen LogP contribution is -2.40. The first-order valence-electron chi connectivity index (χ1n) is 6.13. The maximum Gasteiger partial charge on any atom is 0.284 e. The molecule has 6 heteroatoms. The summed E-state index contributed by atoms with van der Waals surface area (Å²) in [5.74, 6) is -0.905. The number of hydroxylamine groups is 1. The molecule has 1 unspecified atom stereocenters. The van der Waals surface area contributed by atoms with Gasteiger partial charge in [0.05, 0.1) is 6.10 Å². The fourth-order valence-corrected chi connectivity index (χ4v) is 1.86. The third-order valence-corrected chi connectivity index (χ3v) is 3.44. The largest absolute Gasteiger partial charge is 0.478 e. The van der Waals surface area contributed by atoms with Crippen LogP contribution in [0.1, 0.15) is 26.2 Å². The molecule has 0 aliphatic heterocycles. The van der Waals surface area contributed by atoms with Crippen LogP contribution in [0.5, 0.6) is 5.75 Å². The lowest BCUT2D eigenvalue weighted by Gasteiger charge is -2.25. The second-order valence-corrected chi connectivity index (χ2v) is 5.39. The molecule has 1 aliphatic carbocycles. The molecule has 0 saturated heterocycles. The molecular formula is C13H15BrFNO3. The van der Waals surface area contributed by atoms with Crippen molar-refractivity contribution in [2.45, 2.75) is 38.4 Å². The number of rotatable bonds is 5. The Morgan fingerprint density at radius 1 is 1.53 bits per heavy atom. The van der Waals surface area contributed by atoms with Crippen molar-refractivity contribution in [3.05, 3.63) is 28.5 Å². The van der Waals surface area contributed by atoms with E-state index in [0.29, 0.717) is 4.47 Å². The van der Waals surface area contributed by atoms with Crippen molar-refractivity contribution >= 4 is 21.8 Å². The molecule has 0 spiro atoms. The van der Waals surface area contributed by atoms with Crippen LogP contribution in [0.4, 0.5) is 4.39 Å². The zero-order valence-corrected chi connectivity index (χ0v) is 12.1. The van der Waals surface area contributed by atoms with Crippen LogP contribution in [0.15, 0.2) is 22.7 Å². The Balaban J connectivity index is 1.84. The van der Waals surface area contributed by atoms with E-state index in [-0.39, 0.29) is 11.9 Å². The minimum absolute atomic E-state index is 0.0366. The molecule has 1 aliphatic rings.